The zero-order valence-electron chi connectivity index (χ0n) is 10.1. The van der Waals surface area contributed by atoms with Gasteiger partial charge in [-0.2, -0.15) is 0 Å². The second kappa shape index (κ2) is 5.17. The van der Waals surface area contributed by atoms with Crippen LogP contribution in [0.4, 0.5) is 5.82 Å². The van der Waals surface area contributed by atoms with Crippen molar-refractivity contribution >= 4 is 11.8 Å². The van der Waals surface area contributed by atoms with Crippen molar-refractivity contribution in [2.45, 2.75) is 32.6 Å². The van der Waals surface area contributed by atoms with Crippen LogP contribution < -0.4 is 5.32 Å². The summed E-state index contributed by atoms with van der Waals surface area (Å²) in [6.07, 6.45) is 5.24. The van der Waals surface area contributed by atoms with Crippen molar-refractivity contribution in [3.8, 4) is 0 Å². The fourth-order valence-electron chi connectivity index (χ4n) is 2.35. The molecule has 1 heterocycles. The van der Waals surface area contributed by atoms with E-state index >= 15 is 0 Å². The molecule has 1 fully saturated rings. The highest BCUT2D eigenvalue weighted by atomic mass is 16.4. The fourth-order valence-corrected chi connectivity index (χ4v) is 2.35. The van der Waals surface area contributed by atoms with Crippen LogP contribution in [0.3, 0.4) is 0 Å². The maximum atomic E-state index is 10.8. The van der Waals surface area contributed by atoms with Crippen LogP contribution in [0, 0.1) is 12.8 Å². The topological polar surface area (TPSA) is 62.2 Å². The molecule has 17 heavy (non-hydrogen) atoms. The highest BCUT2D eigenvalue weighted by Crippen LogP contribution is 2.24. The van der Waals surface area contributed by atoms with Gasteiger partial charge in [-0.1, -0.05) is 12.8 Å². The molecule has 92 valence electrons. The smallest absolute Gasteiger partial charge is 0.337 e. The van der Waals surface area contributed by atoms with E-state index in [1.807, 2.05) is 0 Å². The molecular weight excluding hydrogens is 216 g/mol. The molecule has 0 atom stereocenters. The Morgan fingerprint density at radius 2 is 2.18 bits per heavy atom. The van der Waals surface area contributed by atoms with Crippen LogP contribution in [0.1, 0.15) is 41.7 Å². The summed E-state index contributed by atoms with van der Waals surface area (Å²) in [6.45, 7) is 2.67. The maximum absolute atomic E-state index is 10.8. The van der Waals surface area contributed by atoms with Crippen LogP contribution in [0.15, 0.2) is 12.1 Å². The molecule has 2 rings (SSSR count). The van der Waals surface area contributed by atoms with Crippen LogP contribution in [0.5, 0.6) is 0 Å². The van der Waals surface area contributed by atoms with E-state index in [2.05, 4.69) is 10.3 Å². The van der Waals surface area contributed by atoms with Crippen LogP contribution in [0.2, 0.25) is 0 Å². The van der Waals surface area contributed by atoms with E-state index in [0.717, 1.165) is 18.3 Å². The summed E-state index contributed by atoms with van der Waals surface area (Å²) in [6, 6.07) is 3.35. The molecule has 1 aliphatic carbocycles. The number of rotatable bonds is 4. The van der Waals surface area contributed by atoms with Gasteiger partial charge in [-0.25, -0.2) is 9.78 Å². The summed E-state index contributed by atoms with van der Waals surface area (Å²) in [4.78, 5) is 15.1. The third-order valence-electron chi connectivity index (χ3n) is 3.36. The van der Waals surface area contributed by atoms with E-state index in [1.165, 1.54) is 25.7 Å². The molecule has 1 saturated carbocycles. The summed E-state index contributed by atoms with van der Waals surface area (Å²) in [5.74, 6) is 0.605. The number of carboxylic acid groups (broad SMARTS) is 1. The Morgan fingerprint density at radius 3 is 2.76 bits per heavy atom. The molecule has 0 aromatic carbocycles. The number of aromatic carboxylic acids is 1. The van der Waals surface area contributed by atoms with Gasteiger partial charge in [0.2, 0.25) is 0 Å². The molecule has 1 aliphatic rings. The van der Waals surface area contributed by atoms with Crippen molar-refractivity contribution < 1.29 is 9.90 Å². The average Bonchev–Trinajstić information content (AvgIpc) is 2.78. The van der Waals surface area contributed by atoms with Crippen molar-refractivity contribution in [1.29, 1.82) is 0 Å². The van der Waals surface area contributed by atoms with Gasteiger partial charge in [0.1, 0.15) is 5.82 Å². The van der Waals surface area contributed by atoms with E-state index < -0.39 is 5.97 Å². The average molecular weight is 234 g/mol. The number of carbonyl (C=O) groups is 1. The normalized spacial score (nSPS) is 16.1. The first-order valence-corrected chi connectivity index (χ1v) is 6.11. The minimum Gasteiger partial charge on any atom is -0.478 e. The van der Waals surface area contributed by atoms with Crippen LogP contribution in [0.25, 0.3) is 0 Å². The molecule has 4 nitrogen and oxygen atoms in total. The number of aryl methyl sites for hydroxylation is 1. The molecular formula is C13H18N2O2. The van der Waals surface area contributed by atoms with Gasteiger partial charge in [-0.05, 0) is 37.8 Å². The Labute approximate surface area is 101 Å². The SMILES string of the molecule is Cc1nc(NCC2CCCC2)ccc1C(=O)O. The zero-order chi connectivity index (χ0) is 12.3. The van der Waals surface area contributed by atoms with Gasteiger partial charge in [0, 0.05) is 6.54 Å². The summed E-state index contributed by atoms with van der Waals surface area (Å²) in [5.41, 5.74) is 0.838. The van der Waals surface area contributed by atoms with Crippen molar-refractivity contribution in [2.75, 3.05) is 11.9 Å². The summed E-state index contributed by atoms with van der Waals surface area (Å²) in [5, 5.41) is 12.2. The van der Waals surface area contributed by atoms with Crippen molar-refractivity contribution in [1.82, 2.24) is 4.98 Å². The predicted molar refractivity (Wildman–Crippen MR) is 66.4 cm³/mol. The van der Waals surface area contributed by atoms with Gasteiger partial charge in [0.15, 0.2) is 0 Å². The van der Waals surface area contributed by atoms with Crippen molar-refractivity contribution in [3.05, 3.63) is 23.4 Å². The van der Waals surface area contributed by atoms with Crippen LogP contribution in [-0.4, -0.2) is 22.6 Å². The molecule has 0 aliphatic heterocycles. The first kappa shape index (κ1) is 11.9. The lowest BCUT2D eigenvalue weighted by atomic mass is 10.1. The molecule has 1 aromatic rings. The summed E-state index contributed by atoms with van der Waals surface area (Å²) < 4.78 is 0. The van der Waals surface area contributed by atoms with Crippen molar-refractivity contribution in [2.24, 2.45) is 5.92 Å². The van der Waals surface area contributed by atoms with Crippen LogP contribution in [-0.2, 0) is 0 Å². The minimum atomic E-state index is -0.919. The Balaban J connectivity index is 1.97. The maximum Gasteiger partial charge on any atom is 0.337 e. The van der Waals surface area contributed by atoms with E-state index in [-0.39, 0.29) is 5.56 Å². The molecule has 1 aromatic heterocycles. The summed E-state index contributed by atoms with van der Waals surface area (Å²) >= 11 is 0. The zero-order valence-corrected chi connectivity index (χ0v) is 10.1. The largest absolute Gasteiger partial charge is 0.478 e. The number of carboxylic acids is 1. The number of hydrogen-bond acceptors (Lipinski definition) is 3. The Kier molecular flexibility index (Phi) is 3.61. The number of nitrogens with zero attached hydrogens (tertiary/aromatic N) is 1. The molecule has 0 amide bonds. The third-order valence-corrected chi connectivity index (χ3v) is 3.36. The quantitative estimate of drug-likeness (QED) is 0.840. The highest BCUT2D eigenvalue weighted by molar-refractivity contribution is 5.89. The summed E-state index contributed by atoms with van der Waals surface area (Å²) in [7, 11) is 0. The third kappa shape index (κ3) is 2.96. The van der Waals surface area contributed by atoms with Gasteiger partial charge in [-0.15, -0.1) is 0 Å². The van der Waals surface area contributed by atoms with E-state index in [1.54, 1.807) is 19.1 Å². The fraction of sp³-hybridized carbons (Fsp3) is 0.538. The molecule has 4 heteroatoms. The monoisotopic (exact) mass is 234 g/mol. The Hall–Kier alpha value is -1.58. The van der Waals surface area contributed by atoms with E-state index in [9.17, 15) is 4.79 Å². The number of nitrogens with one attached hydrogen (secondary N) is 1. The lowest BCUT2D eigenvalue weighted by molar-refractivity contribution is 0.0695. The molecule has 2 N–H and O–H groups in total. The van der Waals surface area contributed by atoms with Gasteiger partial charge in [0.25, 0.3) is 0 Å². The van der Waals surface area contributed by atoms with Crippen LogP contribution >= 0.6 is 0 Å². The standard InChI is InChI=1S/C13H18N2O2/c1-9-11(13(16)17)6-7-12(15-9)14-8-10-4-2-3-5-10/h6-7,10H,2-5,8H2,1H3,(H,14,15)(H,16,17). The first-order valence-electron chi connectivity index (χ1n) is 6.11. The minimum absolute atomic E-state index is 0.274. The van der Waals surface area contributed by atoms with E-state index in [0.29, 0.717) is 5.69 Å². The predicted octanol–water partition coefficient (Wildman–Crippen LogP) is 2.69. The molecule has 0 spiro atoms. The molecule has 0 saturated heterocycles. The Morgan fingerprint density at radius 1 is 1.47 bits per heavy atom. The second-order valence-electron chi connectivity index (χ2n) is 4.67. The Bertz CT molecular complexity index is 412. The molecule has 0 radical (unpaired) electrons. The number of pyridine rings is 1. The second-order valence-corrected chi connectivity index (χ2v) is 4.67. The lowest BCUT2D eigenvalue weighted by Crippen LogP contribution is -2.13. The van der Waals surface area contributed by atoms with Crippen molar-refractivity contribution in [3.63, 3.8) is 0 Å². The number of hydrogen-bond donors (Lipinski definition) is 2. The van der Waals surface area contributed by atoms with Gasteiger partial charge in [-0.3, -0.25) is 0 Å². The van der Waals surface area contributed by atoms with Gasteiger partial charge in [0.05, 0.1) is 11.3 Å². The first-order chi connectivity index (χ1) is 8.16. The van der Waals surface area contributed by atoms with Gasteiger partial charge < -0.3 is 10.4 Å². The van der Waals surface area contributed by atoms with Gasteiger partial charge >= 0.3 is 5.97 Å². The number of aromatic nitrogens is 1. The number of anilines is 1. The van der Waals surface area contributed by atoms with E-state index in [4.69, 9.17) is 5.11 Å². The molecule has 0 bridgehead atoms. The highest BCUT2D eigenvalue weighted by Gasteiger charge is 2.15. The molecule has 0 unspecified atom stereocenters. The lowest BCUT2D eigenvalue weighted by Gasteiger charge is -2.12.